The standard InChI is InChI=1S/C12H15F2NO3/c1-6(7(2)18-3)15-11-4-8(12(16)17)9(13)5-10(11)14/h4-7,15H,1-3H3,(H,16,17). The molecule has 0 amide bonds. The van der Waals surface area contributed by atoms with Gasteiger partial charge in [-0.1, -0.05) is 0 Å². The minimum atomic E-state index is -1.44. The molecule has 0 aromatic heterocycles. The molecule has 0 saturated heterocycles. The van der Waals surface area contributed by atoms with E-state index in [0.29, 0.717) is 6.07 Å². The van der Waals surface area contributed by atoms with Crippen LogP contribution in [0.4, 0.5) is 14.5 Å². The molecule has 0 bridgehead atoms. The predicted octanol–water partition coefficient (Wildman–Crippen LogP) is 2.50. The zero-order valence-electron chi connectivity index (χ0n) is 10.3. The number of hydrogen-bond donors (Lipinski definition) is 2. The van der Waals surface area contributed by atoms with E-state index in [9.17, 15) is 13.6 Å². The fourth-order valence-electron chi connectivity index (χ4n) is 1.39. The maximum atomic E-state index is 13.5. The van der Waals surface area contributed by atoms with Crippen LogP contribution in [0.25, 0.3) is 0 Å². The number of benzene rings is 1. The minimum Gasteiger partial charge on any atom is -0.478 e. The van der Waals surface area contributed by atoms with Gasteiger partial charge in [0, 0.05) is 19.2 Å². The summed E-state index contributed by atoms with van der Waals surface area (Å²) in [5.41, 5.74) is -0.638. The molecule has 4 nitrogen and oxygen atoms in total. The third-order valence-corrected chi connectivity index (χ3v) is 2.75. The van der Waals surface area contributed by atoms with Crippen molar-refractivity contribution >= 4 is 11.7 Å². The number of ether oxygens (including phenoxy) is 1. The molecule has 2 N–H and O–H groups in total. The van der Waals surface area contributed by atoms with Crippen LogP contribution in [0.3, 0.4) is 0 Å². The molecule has 0 radical (unpaired) electrons. The summed E-state index contributed by atoms with van der Waals surface area (Å²) >= 11 is 0. The first-order valence-corrected chi connectivity index (χ1v) is 5.38. The van der Waals surface area contributed by atoms with Crippen LogP contribution in [-0.2, 0) is 4.74 Å². The van der Waals surface area contributed by atoms with Crippen molar-refractivity contribution in [2.24, 2.45) is 0 Å². The van der Waals surface area contributed by atoms with E-state index >= 15 is 0 Å². The highest BCUT2D eigenvalue weighted by Gasteiger charge is 2.18. The minimum absolute atomic E-state index is 0.0646. The van der Waals surface area contributed by atoms with Gasteiger partial charge in [-0.2, -0.15) is 0 Å². The fraction of sp³-hybridized carbons (Fsp3) is 0.417. The molecule has 0 spiro atoms. The Labute approximate surface area is 104 Å². The van der Waals surface area contributed by atoms with Crippen LogP contribution < -0.4 is 5.32 Å². The van der Waals surface area contributed by atoms with Gasteiger partial charge in [0.15, 0.2) is 0 Å². The van der Waals surface area contributed by atoms with Crippen LogP contribution in [0.2, 0.25) is 0 Å². The summed E-state index contributed by atoms with van der Waals surface area (Å²) in [6.07, 6.45) is -0.206. The van der Waals surface area contributed by atoms with Gasteiger partial charge in [0.05, 0.1) is 17.4 Å². The number of carboxylic acids is 1. The SMILES string of the molecule is COC(C)C(C)Nc1cc(C(=O)O)c(F)cc1F. The number of rotatable bonds is 5. The van der Waals surface area contributed by atoms with Crippen LogP contribution >= 0.6 is 0 Å². The second kappa shape index (κ2) is 5.77. The van der Waals surface area contributed by atoms with Crippen LogP contribution in [0.5, 0.6) is 0 Å². The Morgan fingerprint density at radius 1 is 1.33 bits per heavy atom. The summed E-state index contributed by atoms with van der Waals surface area (Å²) in [5, 5.41) is 11.5. The average Bonchev–Trinajstić information content (AvgIpc) is 2.30. The Morgan fingerprint density at radius 2 is 1.94 bits per heavy atom. The van der Waals surface area contributed by atoms with E-state index in [1.165, 1.54) is 7.11 Å². The molecule has 0 fully saturated rings. The van der Waals surface area contributed by atoms with E-state index in [2.05, 4.69) is 5.32 Å². The molecular formula is C12H15F2NO3. The molecule has 1 aromatic rings. The predicted molar refractivity (Wildman–Crippen MR) is 62.9 cm³/mol. The van der Waals surface area contributed by atoms with Crippen LogP contribution in [0, 0.1) is 11.6 Å². The van der Waals surface area contributed by atoms with E-state index in [-0.39, 0.29) is 17.8 Å². The Hall–Kier alpha value is -1.69. The highest BCUT2D eigenvalue weighted by molar-refractivity contribution is 5.89. The van der Waals surface area contributed by atoms with Crippen molar-refractivity contribution in [3.05, 3.63) is 29.3 Å². The van der Waals surface area contributed by atoms with Crippen molar-refractivity contribution in [2.75, 3.05) is 12.4 Å². The molecule has 0 aliphatic rings. The summed E-state index contributed by atoms with van der Waals surface area (Å²) in [6.45, 7) is 3.52. The highest BCUT2D eigenvalue weighted by Crippen LogP contribution is 2.21. The molecular weight excluding hydrogens is 244 g/mol. The molecule has 0 aliphatic heterocycles. The van der Waals surface area contributed by atoms with Gasteiger partial charge in [0.2, 0.25) is 0 Å². The summed E-state index contributed by atoms with van der Waals surface area (Å²) in [7, 11) is 1.51. The molecule has 2 atom stereocenters. The molecule has 0 saturated carbocycles. The van der Waals surface area contributed by atoms with Gasteiger partial charge in [-0.3, -0.25) is 0 Å². The average molecular weight is 259 g/mol. The summed E-state index contributed by atoms with van der Waals surface area (Å²) in [6, 6.07) is 1.23. The highest BCUT2D eigenvalue weighted by atomic mass is 19.1. The number of carboxylic acid groups (broad SMARTS) is 1. The normalized spacial score (nSPS) is 14.1. The zero-order chi connectivity index (χ0) is 13.9. The lowest BCUT2D eigenvalue weighted by atomic mass is 10.1. The number of aromatic carboxylic acids is 1. The molecule has 100 valence electrons. The summed E-state index contributed by atoms with van der Waals surface area (Å²) in [4.78, 5) is 10.7. The second-order valence-corrected chi connectivity index (χ2v) is 3.99. The Balaban J connectivity index is 3.02. The smallest absolute Gasteiger partial charge is 0.338 e. The molecule has 1 rings (SSSR count). The number of hydrogen-bond acceptors (Lipinski definition) is 3. The molecule has 0 heterocycles. The van der Waals surface area contributed by atoms with E-state index in [0.717, 1.165) is 6.07 Å². The number of methoxy groups -OCH3 is 1. The van der Waals surface area contributed by atoms with E-state index < -0.39 is 23.2 Å². The van der Waals surface area contributed by atoms with Crippen molar-refractivity contribution in [3.8, 4) is 0 Å². The second-order valence-electron chi connectivity index (χ2n) is 3.99. The van der Waals surface area contributed by atoms with Crippen LogP contribution in [0.15, 0.2) is 12.1 Å². The topological polar surface area (TPSA) is 58.6 Å². The van der Waals surface area contributed by atoms with Crippen molar-refractivity contribution in [1.82, 2.24) is 0 Å². The van der Waals surface area contributed by atoms with Crippen LogP contribution in [-0.4, -0.2) is 30.3 Å². The largest absolute Gasteiger partial charge is 0.478 e. The van der Waals surface area contributed by atoms with Crippen molar-refractivity contribution in [1.29, 1.82) is 0 Å². The molecule has 6 heteroatoms. The Bertz CT molecular complexity index is 451. The van der Waals surface area contributed by atoms with Crippen LogP contribution in [0.1, 0.15) is 24.2 Å². The quantitative estimate of drug-likeness (QED) is 0.853. The van der Waals surface area contributed by atoms with Gasteiger partial charge >= 0.3 is 5.97 Å². The monoisotopic (exact) mass is 259 g/mol. The molecule has 0 aliphatic carbocycles. The van der Waals surface area contributed by atoms with Gasteiger partial charge in [-0.25, -0.2) is 13.6 Å². The van der Waals surface area contributed by atoms with Gasteiger partial charge in [-0.05, 0) is 19.9 Å². The zero-order valence-corrected chi connectivity index (χ0v) is 10.3. The van der Waals surface area contributed by atoms with Gasteiger partial charge < -0.3 is 15.2 Å². The first-order chi connectivity index (χ1) is 8.36. The van der Waals surface area contributed by atoms with E-state index in [1.54, 1.807) is 13.8 Å². The van der Waals surface area contributed by atoms with E-state index in [1.807, 2.05) is 0 Å². The van der Waals surface area contributed by atoms with Crippen molar-refractivity contribution in [2.45, 2.75) is 26.0 Å². The van der Waals surface area contributed by atoms with Gasteiger partial charge in [0.1, 0.15) is 11.6 Å². The number of anilines is 1. The van der Waals surface area contributed by atoms with Gasteiger partial charge in [0.25, 0.3) is 0 Å². The van der Waals surface area contributed by atoms with E-state index in [4.69, 9.17) is 9.84 Å². The Morgan fingerprint density at radius 3 is 2.44 bits per heavy atom. The summed E-state index contributed by atoms with van der Waals surface area (Å²) < 4.78 is 31.7. The third kappa shape index (κ3) is 3.16. The van der Waals surface area contributed by atoms with Crippen molar-refractivity contribution in [3.63, 3.8) is 0 Å². The number of carbonyl (C=O) groups is 1. The lowest BCUT2D eigenvalue weighted by Gasteiger charge is -2.21. The fourth-order valence-corrected chi connectivity index (χ4v) is 1.39. The molecule has 18 heavy (non-hydrogen) atoms. The first-order valence-electron chi connectivity index (χ1n) is 5.38. The van der Waals surface area contributed by atoms with Crippen molar-refractivity contribution < 1.29 is 23.4 Å². The maximum absolute atomic E-state index is 13.5. The molecule has 1 aromatic carbocycles. The number of nitrogens with one attached hydrogen (secondary N) is 1. The number of halogens is 2. The molecule has 2 unspecified atom stereocenters. The maximum Gasteiger partial charge on any atom is 0.338 e. The lowest BCUT2D eigenvalue weighted by molar-refractivity contribution is 0.0692. The lowest BCUT2D eigenvalue weighted by Crippen LogP contribution is -2.30. The van der Waals surface area contributed by atoms with Gasteiger partial charge in [-0.15, -0.1) is 0 Å². The third-order valence-electron chi connectivity index (χ3n) is 2.75. The Kier molecular flexibility index (Phi) is 4.61. The first kappa shape index (κ1) is 14.4. The summed E-state index contributed by atoms with van der Waals surface area (Å²) in [5.74, 6) is -3.38.